The molecule has 0 radical (unpaired) electrons. The second-order valence-corrected chi connectivity index (χ2v) is 12.3. The molecule has 2 saturated carbocycles. The number of hydrogen-bond acceptors (Lipinski definition) is 7. The molecule has 0 unspecified atom stereocenters. The lowest BCUT2D eigenvalue weighted by Crippen LogP contribution is -2.52. The Hall–Kier alpha value is -4.54. The molecule has 3 fully saturated rings. The molecule has 12 heteroatoms. The van der Waals surface area contributed by atoms with Crippen molar-refractivity contribution in [3.8, 4) is 11.5 Å². The maximum absolute atomic E-state index is 13.9. The summed E-state index contributed by atoms with van der Waals surface area (Å²) in [6.45, 7) is -0.590. The molecule has 1 heterocycles. The molecular weight excluding hydrogens is 609 g/mol. The molecule has 1 aliphatic heterocycles. The number of nitrogens with zero attached hydrogens (tertiary/aromatic N) is 3. The Morgan fingerprint density at radius 3 is 2.00 bits per heavy atom. The Bertz CT molecular complexity index is 1740. The van der Waals surface area contributed by atoms with Crippen LogP contribution >= 0.6 is 23.2 Å². The lowest BCUT2D eigenvalue weighted by Gasteiger charge is -2.37. The van der Waals surface area contributed by atoms with Gasteiger partial charge in [-0.25, -0.2) is 5.01 Å². The number of ketones is 1. The summed E-state index contributed by atoms with van der Waals surface area (Å²) in [6, 6.07) is 15.8. The number of allylic oxidation sites excluding steroid dienone is 2. The Morgan fingerprint density at radius 1 is 0.886 bits per heavy atom. The highest BCUT2D eigenvalue weighted by Gasteiger charge is 2.68. The number of hydrazine groups is 1. The topological polar surface area (TPSA) is 127 Å². The van der Waals surface area contributed by atoms with E-state index in [0.29, 0.717) is 28.4 Å². The van der Waals surface area contributed by atoms with Crippen LogP contribution in [0.15, 0.2) is 78.9 Å². The normalized spacial score (nSPS) is 25.8. The minimum Gasteiger partial charge on any atom is -0.457 e. The first kappa shape index (κ1) is 28.2. The third-order valence-corrected chi connectivity index (χ3v) is 9.58. The third-order valence-electron chi connectivity index (χ3n) is 9.03. The monoisotopic (exact) mass is 631 g/mol. The Labute approximate surface area is 260 Å². The van der Waals surface area contributed by atoms with Gasteiger partial charge in [0.05, 0.1) is 27.3 Å². The zero-order valence-electron chi connectivity index (χ0n) is 22.8. The van der Waals surface area contributed by atoms with E-state index < -0.39 is 46.8 Å². The molecule has 10 nitrogen and oxygen atoms in total. The number of nitro groups is 1. The van der Waals surface area contributed by atoms with Gasteiger partial charge in [0.15, 0.2) is 5.78 Å². The van der Waals surface area contributed by atoms with Crippen molar-refractivity contribution in [2.75, 3.05) is 6.54 Å². The van der Waals surface area contributed by atoms with Crippen molar-refractivity contribution in [2.45, 2.75) is 6.42 Å². The first-order valence-corrected chi connectivity index (χ1v) is 14.8. The molecule has 44 heavy (non-hydrogen) atoms. The second kappa shape index (κ2) is 10.6. The average Bonchev–Trinajstić information content (AvgIpc) is 3.79. The fourth-order valence-corrected chi connectivity index (χ4v) is 7.41. The highest BCUT2D eigenvalue weighted by Crippen LogP contribution is 2.65. The van der Waals surface area contributed by atoms with Crippen molar-refractivity contribution in [2.24, 2.45) is 35.5 Å². The molecule has 3 aromatic carbocycles. The fraction of sp³-hybridized carbons (Fsp3) is 0.250. The molecule has 0 N–H and O–H groups in total. The van der Waals surface area contributed by atoms with E-state index in [-0.39, 0.29) is 33.7 Å². The van der Waals surface area contributed by atoms with E-state index in [1.54, 1.807) is 0 Å². The summed E-state index contributed by atoms with van der Waals surface area (Å²) in [7, 11) is 0. The summed E-state index contributed by atoms with van der Waals surface area (Å²) in [4.78, 5) is 65.6. The number of benzene rings is 3. The van der Waals surface area contributed by atoms with Crippen molar-refractivity contribution in [3.63, 3.8) is 0 Å². The number of rotatable bonds is 8. The van der Waals surface area contributed by atoms with E-state index >= 15 is 0 Å². The van der Waals surface area contributed by atoms with Gasteiger partial charge in [0.2, 0.25) is 0 Å². The van der Waals surface area contributed by atoms with Gasteiger partial charge in [-0.05, 0) is 84.7 Å². The zero-order valence-corrected chi connectivity index (χ0v) is 24.4. The van der Waals surface area contributed by atoms with E-state index in [0.717, 1.165) is 16.4 Å². The van der Waals surface area contributed by atoms with Crippen LogP contribution in [0, 0.1) is 45.6 Å². The number of non-ortho nitro benzene ring substituents is 1. The lowest BCUT2D eigenvalue weighted by atomic mass is 9.63. The summed E-state index contributed by atoms with van der Waals surface area (Å²) in [5.74, 6) is -2.06. The predicted octanol–water partition coefficient (Wildman–Crippen LogP) is 5.99. The van der Waals surface area contributed by atoms with E-state index in [2.05, 4.69) is 0 Å². The molecule has 4 aliphatic carbocycles. The molecule has 6 atom stereocenters. The van der Waals surface area contributed by atoms with E-state index in [4.69, 9.17) is 27.9 Å². The standard InChI is InChI=1S/C32H23Cl2N3O7/c33-17-3-10-23(26(34)13-17)30(39)35(36-31(40)28-21-11-12-22(25-14-24(21)25)29(28)32(36)41)15-27(38)16-1-6-19(7-2-16)44-20-8-4-18(5-9-20)37(42)43/h1-13,21-22,24-25,28-29H,14-15H2/t21-,22-,24-,25+,28-,29+/m0/s1. The van der Waals surface area contributed by atoms with Crippen molar-refractivity contribution in [3.05, 3.63) is 110 Å². The summed E-state index contributed by atoms with van der Waals surface area (Å²) in [5.41, 5.74) is 0.128. The molecular formula is C32H23Cl2N3O7. The van der Waals surface area contributed by atoms with Gasteiger partial charge >= 0.3 is 0 Å². The van der Waals surface area contributed by atoms with E-state index in [1.165, 1.54) is 66.7 Å². The summed E-state index contributed by atoms with van der Waals surface area (Å²) in [5, 5.41) is 13.0. The van der Waals surface area contributed by atoms with Gasteiger partial charge in [-0.15, -0.1) is 0 Å². The number of nitro benzene ring substituents is 1. The highest BCUT2D eigenvalue weighted by molar-refractivity contribution is 6.36. The molecule has 8 rings (SSSR count). The molecule has 1 saturated heterocycles. The van der Waals surface area contributed by atoms with Crippen molar-refractivity contribution < 1.29 is 28.8 Å². The van der Waals surface area contributed by atoms with Crippen LogP contribution < -0.4 is 4.74 Å². The predicted molar refractivity (Wildman–Crippen MR) is 158 cm³/mol. The van der Waals surface area contributed by atoms with Crippen molar-refractivity contribution in [1.82, 2.24) is 10.0 Å². The fourth-order valence-electron chi connectivity index (χ4n) is 6.92. The van der Waals surface area contributed by atoms with Gasteiger partial charge in [0.1, 0.15) is 18.0 Å². The van der Waals surface area contributed by atoms with Crippen LogP contribution in [0.2, 0.25) is 10.0 Å². The van der Waals surface area contributed by atoms with Crippen LogP contribution in [-0.2, 0) is 9.59 Å². The maximum Gasteiger partial charge on any atom is 0.274 e. The molecule has 2 bridgehead atoms. The van der Waals surface area contributed by atoms with E-state index in [9.17, 15) is 29.3 Å². The Balaban J connectivity index is 1.15. The summed E-state index contributed by atoms with van der Waals surface area (Å²) in [6.07, 6.45) is 5.05. The van der Waals surface area contributed by atoms with Crippen LogP contribution in [0.1, 0.15) is 27.1 Å². The number of carbonyl (C=O) groups excluding carboxylic acids is 4. The van der Waals surface area contributed by atoms with Gasteiger partial charge in [-0.1, -0.05) is 35.4 Å². The summed E-state index contributed by atoms with van der Waals surface area (Å²) >= 11 is 12.4. The third kappa shape index (κ3) is 4.65. The van der Waals surface area contributed by atoms with Gasteiger partial charge in [-0.3, -0.25) is 29.3 Å². The molecule has 222 valence electrons. The highest BCUT2D eigenvalue weighted by atomic mass is 35.5. The van der Waals surface area contributed by atoms with E-state index in [1.807, 2.05) is 12.2 Å². The quantitative estimate of drug-likeness (QED) is 0.0982. The smallest absolute Gasteiger partial charge is 0.274 e. The minimum atomic E-state index is -0.774. The number of amides is 3. The van der Waals surface area contributed by atoms with Gasteiger partial charge in [0.25, 0.3) is 23.4 Å². The van der Waals surface area contributed by atoms with Crippen molar-refractivity contribution in [1.29, 1.82) is 0 Å². The lowest BCUT2D eigenvalue weighted by molar-refractivity contribution is -0.384. The van der Waals surface area contributed by atoms with Gasteiger partial charge in [0, 0.05) is 22.7 Å². The van der Waals surface area contributed by atoms with Crippen LogP contribution in [0.25, 0.3) is 0 Å². The largest absolute Gasteiger partial charge is 0.457 e. The Morgan fingerprint density at radius 2 is 1.45 bits per heavy atom. The van der Waals surface area contributed by atoms with Crippen LogP contribution in [0.4, 0.5) is 5.69 Å². The second-order valence-electron chi connectivity index (χ2n) is 11.4. The number of imide groups is 1. The van der Waals surface area contributed by atoms with Gasteiger partial charge in [-0.2, -0.15) is 5.01 Å². The van der Waals surface area contributed by atoms with Gasteiger partial charge < -0.3 is 4.74 Å². The summed E-state index contributed by atoms with van der Waals surface area (Å²) < 4.78 is 5.72. The van der Waals surface area contributed by atoms with Crippen LogP contribution in [0.5, 0.6) is 11.5 Å². The number of hydrogen-bond donors (Lipinski definition) is 0. The number of halogens is 2. The molecule has 3 amide bonds. The van der Waals surface area contributed by atoms with Crippen molar-refractivity contribution >= 4 is 52.4 Å². The SMILES string of the molecule is O=C(CN(C(=O)c1ccc(Cl)cc1Cl)N1C(=O)[C@@H]2[C@H]3C=C[C@@H]([C@@H]4C[C@H]34)[C@@H]2C1=O)c1ccc(Oc2ccc([N+](=O)[O-])cc2)cc1. The average molecular weight is 632 g/mol. The Kier molecular flexibility index (Phi) is 6.78. The van der Waals surface area contributed by atoms with Crippen LogP contribution in [0.3, 0.4) is 0 Å². The maximum atomic E-state index is 13.9. The molecule has 5 aliphatic rings. The first-order valence-electron chi connectivity index (χ1n) is 14.0. The number of ether oxygens (including phenoxy) is 1. The number of carbonyl (C=O) groups is 4. The van der Waals surface area contributed by atoms with Crippen LogP contribution in [-0.4, -0.2) is 45.0 Å². The minimum absolute atomic E-state index is 0.00451. The molecule has 0 aromatic heterocycles. The number of Topliss-reactive ketones (excluding diaryl/α,β-unsaturated/α-hetero) is 1. The zero-order chi connectivity index (χ0) is 30.9. The molecule has 3 aromatic rings. The molecule has 0 spiro atoms. The first-order chi connectivity index (χ1) is 21.1.